The van der Waals surface area contributed by atoms with Crippen molar-refractivity contribution >= 4 is 17.7 Å². The molecule has 1 aliphatic rings. The number of benzene rings is 2. The maximum absolute atomic E-state index is 12.2. The molecule has 2 aromatic rings. The van der Waals surface area contributed by atoms with Crippen molar-refractivity contribution in [3.63, 3.8) is 0 Å². The topological polar surface area (TPSA) is 47.6 Å². The van der Waals surface area contributed by atoms with E-state index in [1.165, 1.54) is 6.08 Å². The molecule has 4 nitrogen and oxygen atoms in total. The predicted octanol–water partition coefficient (Wildman–Crippen LogP) is 3.94. The Hall–Kier alpha value is -2.75. The molecule has 0 bridgehead atoms. The van der Waals surface area contributed by atoms with Gasteiger partial charge in [0.05, 0.1) is 0 Å². The quantitative estimate of drug-likeness (QED) is 0.870. The van der Waals surface area contributed by atoms with Crippen LogP contribution in [0.1, 0.15) is 23.6 Å². The number of nitrogens with one attached hydrogen (secondary N) is 1. The van der Waals surface area contributed by atoms with Crippen LogP contribution in [0.2, 0.25) is 0 Å². The van der Waals surface area contributed by atoms with E-state index in [0.29, 0.717) is 5.75 Å². The second-order valence-electron chi connectivity index (χ2n) is 5.40. The number of hydrogen-bond acceptors (Lipinski definition) is 3. The molecular formula is C19H19NO3. The molecule has 0 saturated carbocycles. The molecule has 2 aromatic carbocycles. The number of rotatable bonds is 4. The van der Waals surface area contributed by atoms with Crippen molar-refractivity contribution in [1.29, 1.82) is 0 Å². The third-order valence-electron chi connectivity index (χ3n) is 3.81. The Balaban J connectivity index is 1.72. The molecule has 1 amide bonds. The first-order valence-electron chi connectivity index (χ1n) is 7.64. The zero-order chi connectivity index (χ0) is 16.2. The summed E-state index contributed by atoms with van der Waals surface area (Å²) in [4.78, 5) is 12.2. The van der Waals surface area contributed by atoms with Crippen LogP contribution >= 0.6 is 0 Å². The molecule has 0 fully saturated rings. The largest absolute Gasteiger partial charge is 0.454 e. The maximum atomic E-state index is 12.2. The molecule has 0 atom stereocenters. The first-order valence-corrected chi connectivity index (χ1v) is 7.64. The van der Waals surface area contributed by atoms with Crippen LogP contribution in [0.25, 0.3) is 6.08 Å². The lowest BCUT2D eigenvalue weighted by molar-refractivity contribution is -0.111. The maximum Gasteiger partial charge on any atom is 0.248 e. The van der Waals surface area contributed by atoms with Crippen molar-refractivity contribution in [2.24, 2.45) is 0 Å². The van der Waals surface area contributed by atoms with Crippen molar-refractivity contribution in [3.8, 4) is 11.5 Å². The molecule has 1 aliphatic heterocycles. The molecule has 3 rings (SSSR count). The number of carbonyl (C=O) groups is 1. The van der Waals surface area contributed by atoms with Crippen LogP contribution in [0.4, 0.5) is 5.69 Å². The van der Waals surface area contributed by atoms with E-state index in [0.717, 1.165) is 34.5 Å². The molecule has 0 saturated heterocycles. The average molecular weight is 309 g/mol. The van der Waals surface area contributed by atoms with Crippen LogP contribution in [0, 0.1) is 6.92 Å². The van der Waals surface area contributed by atoms with Crippen LogP contribution in [-0.4, -0.2) is 12.7 Å². The fraction of sp³-hybridized carbons (Fsp3) is 0.211. The van der Waals surface area contributed by atoms with Gasteiger partial charge in [0.15, 0.2) is 11.5 Å². The molecule has 0 radical (unpaired) electrons. The summed E-state index contributed by atoms with van der Waals surface area (Å²) in [6.45, 7) is 4.32. The van der Waals surface area contributed by atoms with Crippen molar-refractivity contribution in [2.45, 2.75) is 20.3 Å². The summed E-state index contributed by atoms with van der Waals surface area (Å²) in [5.41, 5.74) is 3.99. The summed E-state index contributed by atoms with van der Waals surface area (Å²) >= 11 is 0. The van der Waals surface area contributed by atoms with Gasteiger partial charge in [-0.15, -0.1) is 0 Å². The molecule has 0 aliphatic carbocycles. The minimum atomic E-state index is -0.147. The van der Waals surface area contributed by atoms with Gasteiger partial charge in [0, 0.05) is 11.8 Å². The summed E-state index contributed by atoms with van der Waals surface area (Å²) in [6.07, 6.45) is 4.17. The van der Waals surface area contributed by atoms with Gasteiger partial charge in [-0.25, -0.2) is 0 Å². The number of ether oxygens (including phenoxy) is 2. The molecule has 23 heavy (non-hydrogen) atoms. The smallest absolute Gasteiger partial charge is 0.248 e. The average Bonchev–Trinajstić information content (AvgIpc) is 3.02. The Morgan fingerprint density at radius 2 is 2.04 bits per heavy atom. The second kappa shape index (κ2) is 6.57. The molecule has 0 spiro atoms. The second-order valence-corrected chi connectivity index (χ2v) is 5.40. The van der Waals surface area contributed by atoms with E-state index in [1.807, 2.05) is 43.3 Å². The van der Waals surface area contributed by atoms with Crippen LogP contribution in [-0.2, 0) is 11.2 Å². The van der Waals surface area contributed by atoms with Gasteiger partial charge in [0.25, 0.3) is 0 Å². The first-order chi connectivity index (χ1) is 11.2. The van der Waals surface area contributed by atoms with Crippen molar-refractivity contribution in [2.75, 3.05) is 12.1 Å². The zero-order valence-corrected chi connectivity index (χ0v) is 13.3. The standard InChI is InChI=1S/C19H19NO3/c1-3-15-6-4-5-13(2)19(15)20-18(21)10-8-14-7-9-16-17(11-14)23-12-22-16/h4-11H,3,12H2,1-2H3,(H,20,21). The highest BCUT2D eigenvalue weighted by Crippen LogP contribution is 2.32. The van der Waals surface area contributed by atoms with E-state index in [2.05, 4.69) is 12.2 Å². The third-order valence-corrected chi connectivity index (χ3v) is 3.81. The number of hydrogen-bond donors (Lipinski definition) is 1. The van der Waals surface area contributed by atoms with E-state index in [9.17, 15) is 4.79 Å². The minimum absolute atomic E-state index is 0.147. The number of para-hydroxylation sites is 1. The number of carbonyl (C=O) groups excluding carboxylic acids is 1. The molecule has 0 aromatic heterocycles. The normalized spacial score (nSPS) is 12.6. The third kappa shape index (κ3) is 3.37. The summed E-state index contributed by atoms with van der Waals surface area (Å²) in [5.74, 6) is 1.30. The number of fused-ring (bicyclic) bond motifs is 1. The highest BCUT2D eigenvalue weighted by molar-refractivity contribution is 6.02. The van der Waals surface area contributed by atoms with E-state index < -0.39 is 0 Å². The monoisotopic (exact) mass is 309 g/mol. The Morgan fingerprint density at radius 1 is 1.22 bits per heavy atom. The molecule has 1 N–H and O–H groups in total. The molecule has 4 heteroatoms. The molecule has 0 unspecified atom stereocenters. The highest BCUT2D eigenvalue weighted by atomic mass is 16.7. The Kier molecular flexibility index (Phi) is 4.33. The van der Waals surface area contributed by atoms with Gasteiger partial charge in [-0.05, 0) is 48.2 Å². The summed E-state index contributed by atoms with van der Waals surface area (Å²) in [7, 11) is 0. The van der Waals surface area contributed by atoms with Crippen LogP contribution in [0.3, 0.4) is 0 Å². The minimum Gasteiger partial charge on any atom is -0.454 e. The molecule has 118 valence electrons. The van der Waals surface area contributed by atoms with Gasteiger partial charge in [-0.2, -0.15) is 0 Å². The summed E-state index contributed by atoms with van der Waals surface area (Å²) in [6, 6.07) is 11.6. The molecular weight excluding hydrogens is 290 g/mol. The lowest BCUT2D eigenvalue weighted by atomic mass is 10.1. The van der Waals surface area contributed by atoms with E-state index in [4.69, 9.17) is 9.47 Å². The summed E-state index contributed by atoms with van der Waals surface area (Å²) < 4.78 is 10.6. The Bertz CT molecular complexity index is 765. The van der Waals surface area contributed by atoms with E-state index in [1.54, 1.807) is 6.08 Å². The van der Waals surface area contributed by atoms with Gasteiger partial charge in [0.2, 0.25) is 12.7 Å². The van der Waals surface area contributed by atoms with Crippen molar-refractivity contribution in [3.05, 3.63) is 59.2 Å². The Labute approximate surface area is 135 Å². The number of aryl methyl sites for hydroxylation is 2. The van der Waals surface area contributed by atoms with Crippen molar-refractivity contribution < 1.29 is 14.3 Å². The Morgan fingerprint density at radius 3 is 2.87 bits per heavy atom. The van der Waals surface area contributed by atoms with Gasteiger partial charge < -0.3 is 14.8 Å². The summed E-state index contributed by atoms with van der Waals surface area (Å²) in [5, 5.41) is 2.97. The predicted molar refractivity (Wildman–Crippen MR) is 90.8 cm³/mol. The van der Waals surface area contributed by atoms with Crippen LogP contribution in [0.15, 0.2) is 42.5 Å². The fourth-order valence-corrected chi connectivity index (χ4v) is 2.56. The van der Waals surface area contributed by atoms with Gasteiger partial charge in [-0.3, -0.25) is 4.79 Å². The lowest BCUT2D eigenvalue weighted by Crippen LogP contribution is -2.11. The SMILES string of the molecule is CCc1cccc(C)c1NC(=O)C=Cc1ccc2c(c1)OCO2. The van der Waals surface area contributed by atoms with Gasteiger partial charge >= 0.3 is 0 Å². The van der Waals surface area contributed by atoms with Gasteiger partial charge in [0.1, 0.15) is 0 Å². The van der Waals surface area contributed by atoms with E-state index >= 15 is 0 Å². The molecule has 1 heterocycles. The highest BCUT2D eigenvalue weighted by Gasteiger charge is 2.12. The lowest BCUT2D eigenvalue weighted by Gasteiger charge is -2.11. The van der Waals surface area contributed by atoms with E-state index in [-0.39, 0.29) is 12.7 Å². The number of anilines is 1. The van der Waals surface area contributed by atoms with Crippen LogP contribution < -0.4 is 14.8 Å². The van der Waals surface area contributed by atoms with Crippen LogP contribution in [0.5, 0.6) is 11.5 Å². The van der Waals surface area contributed by atoms with Crippen molar-refractivity contribution in [1.82, 2.24) is 0 Å². The first kappa shape index (κ1) is 15.2. The fourth-order valence-electron chi connectivity index (χ4n) is 2.56. The zero-order valence-electron chi connectivity index (χ0n) is 13.3. The number of amides is 1. The van der Waals surface area contributed by atoms with Gasteiger partial charge in [-0.1, -0.05) is 31.2 Å².